The first kappa shape index (κ1) is 56.4. The number of carbonyl (C=O) groups is 2. The molecule has 2 rings (SSSR count). The lowest BCUT2D eigenvalue weighted by Gasteiger charge is -2.41. The van der Waals surface area contributed by atoms with Crippen molar-refractivity contribution < 1.29 is 67.8 Å². The summed E-state index contributed by atoms with van der Waals surface area (Å²) < 4.78 is 39.3. The van der Waals surface area contributed by atoms with E-state index in [9.17, 15) is 44.6 Å². The number of hydrogen-bond donors (Lipinski definition) is 6. The maximum absolute atomic E-state index is 12.8. The number of phosphoric ester groups is 1. The third-order valence-electron chi connectivity index (χ3n) is 11.7. The van der Waals surface area contributed by atoms with Crippen LogP contribution in [-0.2, 0) is 37.4 Å². The van der Waals surface area contributed by atoms with Crippen LogP contribution in [0.2, 0.25) is 0 Å². The number of epoxide rings is 1. The first-order valence-corrected chi connectivity index (χ1v) is 25.8. The first-order valence-electron chi connectivity index (χ1n) is 24.3. The number of unbranched alkanes of at least 4 members (excludes halogenated alkanes) is 20. The molecule has 362 valence electrons. The Kier molecular flexibility index (Phi) is 31.5. The van der Waals surface area contributed by atoms with Gasteiger partial charge in [0.1, 0.15) is 43.2 Å². The van der Waals surface area contributed by atoms with Crippen LogP contribution in [-0.4, -0.2) is 111 Å². The van der Waals surface area contributed by atoms with E-state index in [1.807, 2.05) is 0 Å². The maximum Gasteiger partial charge on any atom is 0.472 e. The van der Waals surface area contributed by atoms with Crippen molar-refractivity contribution in [3.63, 3.8) is 0 Å². The molecule has 2 fully saturated rings. The highest BCUT2D eigenvalue weighted by atomic mass is 31.2. The van der Waals surface area contributed by atoms with Crippen LogP contribution in [0.5, 0.6) is 0 Å². The molecule has 1 aliphatic carbocycles. The predicted molar refractivity (Wildman–Crippen MR) is 239 cm³/mol. The number of rotatable bonds is 39. The van der Waals surface area contributed by atoms with E-state index < -0.39 is 75.7 Å². The quantitative estimate of drug-likeness (QED) is 0.0112. The molecule has 0 aromatic heterocycles. The summed E-state index contributed by atoms with van der Waals surface area (Å²) >= 11 is 0. The highest BCUT2D eigenvalue weighted by molar-refractivity contribution is 7.47. The van der Waals surface area contributed by atoms with Gasteiger partial charge < -0.3 is 44.6 Å². The third-order valence-corrected chi connectivity index (χ3v) is 12.7. The highest BCUT2D eigenvalue weighted by Crippen LogP contribution is 2.47. The van der Waals surface area contributed by atoms with Gasteiger partial charge in [-0.1, -0.05) is 141 Å². The molecule has 1 aliphatic heterocycles. The molecule has 10 atom stereocenters. The topological polar surface area (TPSA) is 222 Å². The minimum absolute atomic E-state index is 0.0764. The molecule has 0 aromatic rings. The molecule has 1 heterocycles. The highest BCUT2D eigenvalue weighted by Gasteiger charge is 2.51. The van der Waals surface area contributed by atoms with E-state index in [0.717, 1.165) is 77.0 Å². The zero-order valence-electron chi connectivity index (χ0n) is 38.1. The smallest absolute Gasteiger partial charge is 0.462 e. The van der Waals surface area contributed by atoms with Crippen molar-refractivity contribution in [1.29, 1.82) is 0 Å². The number of ether oxygens (including phenoxy) is 3. The molecule has 14 nitrogen and oxygen atoms in total. The molecule has 0 radical (unpaired) electrons. The van der Waals surface area contributed by atoms with Crippen molar-refractivity contribution in [1.82, 2.24) is 0 Å². The summed E-state index contributed by atoms with van der Waals surface area (Å²) in [5.41, 5.74) is 0. The molecule has 5 unspecified atom stereocenters. The summed E-state index contributed by atoms with van der Waals surface area (Å²) in [6.45, 7) is 3.25. The van der Waals surface area contributed by atoms with E-state index in [-0.39, 0.29) is 12.8 Å². The summed E-state index contributed by atoms with van der Waals surface area (Å²) in [7, 11) is -5.13. The van der Waals surface area contributed by atoms with E-state index in [1.54, 1.807) is 0 Å². The van der Waals surface area contributed by atoms with Gasteiger partial charge in [0.25, 0.3) is 0 Å². The first-order chi connectivity index (χ1) is 29.9. The molecule has 2 aliphatic rings. The van der Waals surface area contributed by atoms with Gasteiger partial charge in [-0.25, -0.2) is 4.57 Å². The van der Waals surface area contributed by atoms with Gasteiger partial charge in [0.2, 0.25) is 0 Å². The Hall–Kier alpha value is -1.71. The monoisotopic (exact) mass is 905 g/mol. The maximum atomic E-state index is 12.8. The van der Waals surface area contributed by atoms with Gasteiger partial charge in [-0.05, 0) is 64.2 Å². The van der Waals surface area contributed by atoms with Crippen LogP contribution >= 0.6 is 7.82 Å². The lowest BCUT2D eigenvalue weighted by molar-refractivity contribution is -0.220. The Morgan fingerprint density at radius 1 is 0.565 bits per heavy atom. The number of esters is 2. The zero-order chi connectivity index (χ0) is 45.4. The van der Waals surface area contributed by atoms with Crippen LogP contribution in [0.1, 0.15) is 194 Å². The molecule has 0 spiro atoms. The Morgan fingerprint density at radius 3 is 1.56 bits per heavy atom. The van der Waals surface area contributed by atoms with E-state index in [1.165, 1.54) is 77.0 Å². The second kappa shape index (κ2) is 34.6. The molecule has 1 saturated carbocycles. The molecular formula is C47H85O14P. The summed E-state index contributed by atoms with van der Waals surface area (Å²) in [4.78, 5) is 35.8. The van der Waals surface area contributed by atoms with Crippen LogP contribution in [0.4, 0.5) is 0 Å². The second-order valence-electron chi connectivity index (χ2n) is 17.3. The van der Waals surface area contributed by atoms with Crippen molar-refractivity contribution >= 4 is 19.8 Å². The third kappa shape index (κ3) is 26.3. The summed E-state index contributed by atoms with van der Waals surface area (Å²) in [5.74, 6) is -1.12. The van der Waals surface area contributed by atoms with Gasteiger partial charge in [-0.15, -0.1) is 0 Å². The van der Waals surface area contributed by atoms with Crippen LogP contribution in [0.3, 0.4) is 0 Å². The normalized spacial score (nSPS) is 25.3. The van der Waals surface area contributed by atoms with Gasteiger partial charge in [-0.3, -0.25) is 18.6 Å². The summed E-state index contributed by atoms with van der Waals surface area (Å²) in [6, 6.07) is 0. The fourth-order valence-corrected chi connectivity index (χ4v) is 8.61. The van der Waals surface area contributed by atoms with Gasteiger partial charge in [-0.2, -0.15) is 0 Å². The van der Waals surface area contributed by atoms with Gasteiger partial charge in [0.15, 0.2) is 6.10 Å². The van der Waals surface area contributed by atoms with Crippen LogP contribution < -0.4 is 0 Å². The minimum atomic E-state index is -5.13. The Morgan fingerprint density at radius 2 is 1.02 bits per heavy atom. The Bertz CT molecular complexity index is 1250. The van der Waals surface area contributed by atoms with Crippen molar-refractivity contribution in [2.45, 2.75) is 249 Å². The largest absolute Gasteiger partial charge is 0.472 e. The molecule has 0 bridgehead atoms. The van der Waals surface area contributed by atoms with Gasteiger partial charge in [0, 0.05) is 12.8 Å². The standard InChI is InChI=1S/C47H85O14P/c1-3-5-7-8-9-10-11-12-13-14-15-16-17-18-22-25-29-33-40(48)57-35-37(36-58-62(55,56)61-47-45(53)43(51)42(50)44(52)46(47)54)59-41(49)34-30-26-23-20-19-21-24-28-32-39-38(60-39)31-27-6-4-2/h12-13,24,28,37-39,42-47,50-54H,3-11,14-23,25-27,29-36H2,1-2H3,(H,55,56)/b13-12-,28-24-/t37-,38?,39?,42?,43-,44+,45-,46-,47?/m1/s1. The lowest BCUT2D eigenvalue weighted by Crippen LogP contribution is -2.64. The minimum Gasteiger partial charge on any atom is -0.462 e. The molecule has 6 N–H and O–H groups in total. The van der Waals surface area contributed by atoms with Crippen LogP contribution in [0, 0.1) is 0 Å². The average molecular weight is 905 g/mol. The van der Waals surface area contributed by atoms with Crippen LogP contribution in [0.15, 0.2) is 24.3 Å². The molecule has 0 amide bonds. The SMILES string of the molecule is CCCCCCCC/C=C\CCCCCCCCCC(=O)OC[C@H](COP(=O)(O)OC1[C@H](O)[C@H](O)C(O)[C@H](O)[C@H]1O)OC(=O)CCCCCCC/C=C\CC1OC1CCCCC. The fraction of sp³-hybridized carbons (Fsp3) is 0.872. The van der Waals surface area contributed by atoms with E-state index in [2.05, 4.69) is 38.2 Å². The summed E-state index contributed by atoms with van der Waals surface area (Å²) in [6.07, 6.45) is 25.4. The molecule has 15 heteroatoms. The second-order valence-corrected chi connectivity index (χ2v) is 18.8. The van der Waals surface area contributed by atoms with Crippen LogP contribution in [0.25, 0.3) is 0 Å². The van der Waals surface area contributed by atoms with Gasteiger partial charge >= 0.3 is 19.8 Å². The lowest BCUT2D eigenvalue weighted by atomic mass is 9.85. The number of carbonyl (C=O) groups excluding carboxylic acids is 2. The average Bonchev–Trinajstić information content (AvgIpc) is 4.01. The van der Waals surface area contributed by atoms with Crippen molar-refractivity contribution in [3.05, 3.63) is 24.3 Å². The Labute approximate surface area is 372 Å². The zero-order valence-corrected chi connectivity index (χ0v) is 39.0. The summed E-state index contributed by atoms with van der Waals surface area (Å²) in [5, 5.41) is 50.2. The molecule has 0 aromatic carbocycles. The fourth-order valence-electron chi connectivity index (χ4n) is 7.64. The van der Waals surface area contributed by atoms with E-state index in [4.69, 9.17) is 23.3 Å². The number of hydrogen-bond acceptors (Lipinski definition) is 13. The molecular weight excluding hydrogens is 819 g/mol. The van der Waals surface area contributed by atoms with E-state index >= 15 is 0 Å². The number of allylic oxidation sites excluding steroid dienone is 3. The molecule has 1 saturated heterocycles. The molecule has 62 heavy (non-hydrogen) atoms. The van der Waals surface area contributed by atoms with Gasteiger partial charge in [0.05, 0.1) is 18.8 Å². The number of aliphatic hydroxyl groups is 5. The predicted octanol–water partition coefficient (Wildman–Crippen LogP) is 8.60. The number of aliphatic hydroxyl groups excluding tert-OH is 5. The van der Waals surface area contributed by atoms with Crippen molar-refractivity contribution in [2.24, 2.45) is 0 Å². The van der Waals surface area contributed by atoms with Crippen molar-refractivity contribution in [3.8, 4) is 0 Å². The van der Waals surface area contributed by atoms with E-state index in [0.29, 0.717) is 25.0 Å². The Balaban J connectivity index is 1.69. The van der Waals surface area contributed by atoms with Crippen molar-refractivity contribution in [2.75, 3.05) is 13.2 Å². The number of phosphoric acid groups is 1.